The molecule has 1 heterocycles. The lowest BCUT2D eigenvalue weighted by molar-refractivity contribution is 0.889. The number of fused-ring (bicyclic) bond motifs is 1. The molecule has 0 spiro atoms. The number of rotatable bonds is 6. The van der Waals surface area contributed by atoms with Crippen molar-refractivity contribution in [3.8, 4) is 0 Å². The van der Waals surface area contributed by atoms with E-state index in [4.69, 9.17) is 0 Å². The van der Waals surface area contributed by atoms with Crippen molar-refractivity contribution in [1.29, 1.82) is 0 Å². The summed E-state index contributed by atoms with van der Waals surface area (Å²) in [5.41, 5.74) is 7.94. The van der Waals surface area contributed by atoms with Gasteiger partial charge in [0.2, 0.25) is 0 Å². The summed E-state index contributed by atoms with van der Waals surface area (Å²) in [6, 6.07) is 15.5. The zero-order chi connectivity index (χ0) is 16.9. The van der Waals surface area contributed by atoms with Crippen LogP contribution in [0.3, 0.4) is 0 Å². The molecule has 0 unspecified atom stereocenters. The average molecular weight is 335 g/mol. The summed E-state index contributed by atoms with van der Waals surface area (Å²) < 4.78 is 0. The SMILES string of the molecule is C=C(CCC(=C)c1ccccc1CC)c1ccc2c(c1)SCCC2. The number of aryl methyl sites for hydroxylation is 2. The van der Waals surface area contributed by atoms with Crippen molar-refractivity contribution < 1.29 is 0 Å². The molecule has 0 N–H and O–H groups in total. The molecule has 0 amide bonds. The standard InChI is InChI=1S/C23H26S/c1-4-19-8-5-6-10-22(19)18(3)12-11-17(2)21-14-13-20-9-7-15-24-23(20)16-21/h5-6,8,10,13-14,16H,2-4,7,9,11-12,15H2,1H3. The molecule has 0 saturated carbocycles. The van der Waals surface area contributed by atoms with Gasteiger partial charge in [-0.25, -0.2) is 0 Å². The van der Waals surface area contributed by atoms with Gasteiger partial charge < -0.3 is 0 Å². The molecule has 0 fully saturated rings. The lowest BCUT2D eigenvalue weighted by Gasteiger charge is -2.17. The normalized spacial score (nSPS) is 13.4. The Hall–Kier alpha value is -1.73. The first-order valence-corrected chi connectivity index (χ1v) is 9.87. The molecular formula is C23H26S. The Kier molecular flexibility index (Phi) is 5.63. The number of benzene rings is 2. The van der Waals surface area contributed by atoms with Gasteiger partial charge in [0.15, 0.2) is 0 Å². The fourth-order valence-corrected chi connectivity index (χ4v) is 4.39. The van der Waals surface area contributed by atoms with Crippen molar-refractivity contribution in [2.24, 2.45) is 0 Å². The van der Waals surface area contributed by atoms with Crippen LogP contribution < -0.4 is 0 Å². The summed E-state index contributed by atoms with van der Waals surface area (Å²) in [4.78, 5) is 1.45. The van der Waals surface area contributed by atoms with Crippen LogP contribution in [0.2, 0.25) is 0 Å². The average Bonchev–Trinajstić information content (AvgIpc) is 2.65. The van der Waals surface area contributed by atoms with Crippen molar-refractivity contribution in [1.82, 2.24) is 0 Å². The molecule has 0 saturated heterocycles. The molecule has 1 heteroatoms. The van der Waals surface area contributed by atoms with Gasteiger partial charge in [-0.1, -0.05) is 56.5 Å². The molecule has 0 aromatic heterocycles. The Morgan fingerprint density at radius 3 is 2.67 bits per heavy atom. The van der Waals surface area contributed by atoms with Gasteiger partial charge in [-0.15, -0.1) is 11.8 Å². The third kappa shape index (κ3) is 3.84. The van der Waals surface area contributed by atoms with Crippen LogP contribution in [0.4, 0.5) is 0 Å². The Bertz CT molecular complexity index is 754. The first-order chi connectivity index (χ1) is 11.7. The first kappa shape index (κ1) is 17.1. The van der Waals surface area contributed by atoms with Crippen molar-refractivity contribution in [2.45, 2.75) is 43.9 Å². The lowest BCUT2D eigenvalue weighted by Crippen LogP contribution is -1.99. The molecule has 0 bridgehead atoms. The van der Waals surface area contributed by atoms with E-state index in [1.54, 1.807) is 0 Å². The quantitative estimate of drug-likeness (QED) is 0.560. The molecule has 0 aliphatic carbocycles. The predicted octanol–water partition coefficient (Wildman–Crippen LogP) is 6.79. The maximum absolute atomic E-state index is 4.33. The third-order valence-electron chi connectivity index (χ3n) is 4.83. The van der Waals surface area contributed by atoms with E-state index in [9.17, 15) is 0 Å². The maximum atomic E-state index is 4.33. The van der Waals surface area contributed by atoms with E-state index < -0.39 is 0 Å². The summed E-state index contributed by atoms with van der Waals surface area (Å²) in [5.74, 6) is 1.24. The van der Waals surface area contributed by atoms with Crippen LogP contribution in [0.5, 0.6) is 0 Å². The minimum absolute atomic E-state index is 0.972. The lowest BCUT2D eigenvalue weighted by atomic mass is 9.93. The fraction of sp³-hybridized carbons (Fsp3) is 0.304. The van der Waals surface area contributed by atoms with Crippen molar-refractivity contribution in [3.63, 3.8) is 0 Å². The van der Waals surface area contributed by atoms with Gasteiger partial charge in [-0.2, -0.15) is 0 Å². The van der Waals surface area contributed by atoms with Gasteiger partial charge in [0.25, 0.3) is 0 Å². The van der Waals surface area contributed by atoms with Gasteiger partial charge in [-0.3, -0.25) is 0 Å². The molecule has 124 valence electrons. The highest BCUT2D eigenvalue weighted by molar-refractivity contribution is 7.99. The molecule has 1 aliphatic rings. The monoisotopic (exact) mass is 334 g/mol. The number of allylic oxidation sites excluding steroid dienone is 2. The van der Waals surface area contributed by atoms with Gasteiger partial charge in [-0.05, 0) is 77.3 Å². The summed E-state index contributed by atoms with van der Waals surface area (Å²) in [6.45, 7) is 10.9. The molecule has 2 aromatic carbocycles. The second-order valence-electron chi connectivity index (χ2n) is 6.49. The van der Waals surface area contributed by atoms with Crippen LogP contribution in [-0.2, 0) is 12.8 Å². The molecular weight excluding hydrogens is 308 g/mol. The van der Waals surface area contributed by atoms with E-state index in [-0.39, 0.29) is 0 Å². The summed E-state index contributed by atoms with van der Waals surface area (Å²) in [5, 5.41) is 0. The predicted molar refractivity (Wildman–Crippen MR) is 109 cm³/mol. The Morgan fingerprint density at radius 1 is 1.04 bits per heavy atom. The number of hydrogen-bond donors (Lipinski definition) is 0. The van der Waals surface area contributed by atoms with E-state index in [1.165, 1.54) is 56.9 Å². The Balaban J connectivity index is 1.66. The minimum Gasteiger partial charge on any atom is -0.126 e. The van der Waals surface area contributed by atoms with Crippen molar-refractivity contribution in [2.75, 3.05) is 5.75 Å². The highest BCUT2D eigenvalue weighted by Crippen LogP contribution is 2.33. The van der Waals surface area contributed by atoms with E-state index in [2.05, 4.69) is 62.5 Å². The van der Waals surface area contributed by atoms with Gasteiger partial charge in [0.1, 0.15) is 0 Å². The zero-order valence-electron chi connectivity index (χ0n) is 14.6. The summed E-state index contributed by atoms with van der Waals surface area (Å²) in [6.07, 6.45) is 5.52. The Labute approximate surface area is 150 Å². The van der Waals surface area contributed by atoms with Gasteiger partial charge in [0, 0.05) is 4.90 Å². The van der Waals surface area contributed by atoms with Crippen LogP contribution >= 0.6 is 11.8 Å². The van der Waals surface area contributed by atoms with Crippen LogP contribution in [0.1, 0.15) is 48.4 Å². The second kappa shape index (κ2) is 7.90. The summed E-state index contributed by atoms with van der Waals surface area (Å²) >= 11 is 1.99. The zero-order valence-corrected chi connectivity index (χ0v) is 15.4. The summed E-state index contributed by atoms with van der Waals surface area (Å²) in [7, 11) is 0. The Morgan fingerprint density at radius 2 is 1.83 bits per heavy atom. The van der Waals surface area contributed by atoms with E-state index >= 15 is 0 Å². The molecule has 1 aliphatic heterocycles. The largest absolute Gasteiger partial charge is 0.126 e. The van der Waals surface area contributed by atoms with Crippen molar-refractivity contribution >= 4 is 22.9 Å². The highest BCUT2D eigenvalue weighted by atomic mass is 32.2. The van der Waals surface area contributed by atoms with Crippen molar-refractivity contribution in [3.05, 3.63) is 77.9 Å². The van der Waals surface area contributed by atoms with Crippen LogP contribution in [0.25, 0.3) is 11.1 Å². The topological polar surface area (TPSA) is 0 Å². The molecule has 0 nitrogen and oxygen atoms in total. The minimum atomic E-state index is 0.972. The fourth-order valence-electron chi connectivity index (χ4n) is 3.31. The molecule has 3 rings (SSSR count). The molecule has 0 radical (unpaired) electrons. The van der Waals surface area contributed by atoms with Crippen LogP contribution in [0, 0.1) is 0 Å². The van der Waals surface area contributed by atoms with E-state index in [0.29, 0.717) is 0 Å². The number of hydrogen-bond acceptors (Lipinski definition) is 1. The molecule has 2 aromatic rings. The van der Waals surface area contributed by atoms with Gasteiger partial charge >= 0.3 is 0 Å². The molecule has 24 heavy (non-hydrogen) atoms. The maximum Gasteiger partial charge on any atom is 0.0110 e. The number of thioether (sulfide) groups is 1. The third-order valence-corrected chi connectivity index (χ3v) is 6.01. The molecule has 0 atom stereocenters. The second-order valence-corrected chi connectivity index (χ2v) is 7.63. The van der Waals surface area contributed by atoms with E-state index in [1.807, 2.05) is 11.8 Å². The smallest absolute Gasteiger partial charge is 0.0110 e. The van der Waals surface area contributed by atoms with Crippen LogP contribution in [0.15, 0.2) is 60.5 Å². The van der Waals surface area contributed by atoms with Crippen LogP contribution in [-0.4, -0.2) is 5.75 Å². The van der Waals surface area contributed by atoms with E-state index in [0.717, 1.165) is 19.3 Å². The highest BCUT2D eigenvalue weighted by Gasteiger charge is 2.12. The van der Waals surface area contributed by atoms with Gasteiger partial charge in [0.05, 0.1) is 0 Å². The first-order valence-electron chi connectivity index (χ1n) is 8.89.